The zero-order chi connectivity index (χ0) is 34.3. The minimum absolute atomic E-state index is 0.0404. The van der Waals surface area contributed by atoms with E-state index in [0.29, 0.717) is 19.8 Å². The highest BCUT2D eigenvalue weighted by Gasteiger charge is 2.08. The average molecular weight is 679 g/mol. The zero-order valence-corrected chi connectivity index (χ0v) is 26.1. The van der Waals surface area contributed by atoms with Crippen molar-refractivity contribution in [1.82, 2.24) is 15.3 Å². The van der Waals surface area contributed by atoms with Crippen molar-refractivity contribution in [2.75, 3.05) is 38.2 Å². The number of carbonyl (C=O) groups excluding carboxylic acids is 2. The lowest BCUT2D eigenvalue weighted by Gasteiger charge is -2.07. The van der Waals surface area contributed by atoms with Gasteiger partial charge in [0.05, 0.1) is 66.6 Å². The number of ether oxygens (including phenoxy) is 2. The van der Waals surface area contributed by atoms with Gasteiger partial charge in [0.25, 0.3) is 5.56 Å². The summed E-state index contributed by atoms with van der Waals surface area (Å²) in [7, 11) is 0. The van der Waals surface area contributed by atoms with Crippen molar-refractivity contribution < 1.29 is 28.8 Å². The van der Waals surface area contributed by atoms with E-state index in [4.69, 9.17) is 66.3 Å². The number of nitriles is 4. The summed E-state index contributed by atoms with van der Waals surface area (Å²) in [6.45, 7) is 6.35. The second-order valence-electron chi connectivity index (χ2n) is 6.68. The molecule has 1 aromatic heterocycles. The molecule has 0 saturated heterocycles. The van der Waals surface area contributed by atoms with Crippen LogP contribution in [0.25, 0.3) is 0 Å². The maximum absolute atomic E-state index is 10.9. The van der Waals surface area contributed by atoms with Gasteiger partial charge < -0.3 is 25.5 Å². The molecule has 0 atom stereocenters. The summed E-state index contributed by atoms with van der Waals surface area (Å²) in [5, 5.41) is 35.4. The van der Waals surface area contributed by atoms with Gasteiger partial charge in [0.15, 0.2) is 0 Å². The smallest absolute Gasteiger partial charge is 0.326 e. The number of aromatic nitrogens is 2. The molecule has 0 saturated carbocycles. The summed E-state index contributed by atoms with van der Waals surface area (Å²) in [6, 6.07) is 4.38. The van der Waals surface area contributed by atoms with Gasteiger partial charge in [-0.05, 0) is 20.8 Å². The number of aliphatic imine (C=N–C) groups is 1. The van der Waals surface area contributed by atoms with Crippen LogP contribution >= 0.6 is 34.8 Å². The van der Waals surface area contributed by atoms with E-state index in [1.807, 2.05) is 11.1 Å². The Morgan fingerprint density at radius 1 is 0.955 bits per heavy atom. The molecule has 2 amide bonds. The molecular weight excluding hydrogens is 649 g/mol. The fourth-order valence-corrected chi connectivity index (χ4v) is 2.63. The summed E-state index contributed by atoms with van der Waals surface area (Å²) in [6.07, 6.45) is 1.44. The Morgan fingerprint density at radius 2 is 1.59 bits per heavy atom. The molecule has 240 valence electrons. The lowest BCUT2D eigenvalue weighted by atomic mass is 10.2. The highest BCUT2D eigenvalue weighted by molar-refractivity contribution is 6.27. The molecule has 0 aliphatic rings. The Balaban J connectivity index is -0.000000525. The molecule has 0 bridgehead atoms. The van der Waals surface area contributed by atoms with Crippen LogP contribution in [0.15, 0.2) is 25.9 Å². The lowest BCUT2D eigenvalue weighted by Crippen LogP contribution is -2.30. The highest BCUT2D eigenvalue weighted by atomic mass is 35.5. The van der Waals surface area contributed by atoms with Crippen LogP contribution in [0.1, 0.15) is 38.4 Å². The van der Waals surface area contributed by atoms with E-state index < -0.39 is 23.2 Å². The van der Waals surface area contributed by atoms with Crippen molar-refractivity contribution in [1.29, 1.82) is 21.0 Å². The third kappa shape index (κ3) is 23.0. The summed E-state index contributed by atoms with van der Waals surface area (Å²) < 4.78 is 9.25. The van der Waals surface area contributed by atoms with Crippen molar-refractivity contribution in [2.24, 2.45) is 10.7 Å². The maximum Gasteiger partial charge on any atom is 0.326 e. The largest absolute Gasteiger partial charge is 0.480 e. The zero-order valence-electron chi connectivity index (χ0n) is 23.9. The van der Waals surface area contributed by atoms with Crippen molar-refractivity contribution >= 4 is 52.7 Å². The molecule has 0 aromatic carbocycles. The monoisotopic (exact) mass is 677 g/mol. The molecule has 1 rings (SSSR count). The molecule has 0 spiro atoms. The van der Waals surface area contributed by atoms with Crippen LogP contribution < -0.4 is 22.3 Å². The molecule has 0 radical (unpaired) electrons. The van der Waals surface area contributed by atoms with Crippen molar-refractivity contribution in [3.05, 3.63) is 43.4 Å². The number of rotatable bonds is 11. The number of primary amides is 1. The standard InChI is InChI=1S/C8H12ClN3O3.C6H4ClN3O2.C5H7ClN2O.C5H7NO2/c1-2-14-15-5-6(4-10)7(3-9)12-8(11)13;7-1-4-3(2-8)5(11)10-6(12)9-4;1-2-9-5(3-6)8-4-7;1-2-8-5(7)3-4-6/h2-3,5H2,1H3,(H3,11,12,13);1H2,(H2,9,10,11,12);2-3H2,1H3;2-3H2,1H3/b7-6-;;;. The summed E-state index contributed by atoms with van der Waals surface area (Å²) in [5.41, 5.74) is 3.90. The van der Waals surface area contributed by atoms with Gasteiger partial charge in [-0.15, -0.1) is 39.8 Å². The fraction of sp³-hybridized carbons (Fsp3) is 0.458. The van der Waals surface area contributed by atoms with E-state index in [9.17, 15) is 19.2 Å². The number of alkyl halides is 3. The number of urea groups is 1. The number of amides is 2. The summed E-state index contributed by atoms with van der Waals surface area (Å²) in [5.74, 6) is -0.123. The van der Waals surface area contributed by atoms with Crippen LogP contribution in [-0.4, -0.2) is 66.1 Å². The van der Waals surface area contributed by atoms with Crippen LogP contribution in [-0.2, 0) is 29.9 Å². The van der Waals surface area contributed by atoms with E-state index in [2.05, 4.69) is 29.8 Å². The fourth-order valence-electron chi connectivity index (χ4n) is 2.06. The first-order valence-electron chi connectivity index (χ1n) is 12.0. The van der Waals surface area contributed by atoms with Gasteiger partial charge in [-0.1, -0.05) is 0 Å². The molecule has 17 nitrogen and oxygen atoms in total. The van der Waals surface area contributed by atoms with E-state index in [-0.39, 0.29) is 59.1 Å². The number of nitrogens with zero attached hydrogens (tertiary/aromatic N) is 5. The van der Waals surface area contributed by atoms with Gasteiger partial charge in [0.2, 0.25) is 12.1 Å². The molecule has 0 unspecified atom stereocenters. The minimum Gasteiger partial charge on any atom is -0.480 e. The first-order chi connectivity index (χ1) is 21.0. The molecule has 20 heteroatoms. The van der Waals surface area contributed by atoms with Crippen molar-refractivity contribution in [3.63, 3.8) is 0 Å². The van der Waals surface area contributed by atoms with Crippen LogP contribution in [0.4, 0.5) is 4.79 Å². The van der Waals surface area contributed by atoms with Crippen molar-refractivity contribution in [3.8, 4) is 24.4 Å². The Kier molecular flexibility index (Phi) is 29.7. The molecule has 1 heterocycles. The van der Waals surface area contributed by atoms with Gasteiger partial charge in [0.1, 0.15) is 24.7 Å². The van der Waals surface area contributed by atoms with Gasteiger partial charge in [-0.2, -0.15) is 21.0 Å². The van der Waals surface area contributed by atoms with Gasteiger partial charge in [-0.25, -0.2) is 19.4 Å². The van der Waals surface area contributed by atoms with E-state index in [0.717, 1.165) is 0 Å². The Hall–Kier alpha value is -4.62. The van der Waals surface area contributed by atoms with Crippen LogP contribution in [0.5, 0.6) is 0 Å². The quantitative estimate of drug-likeness (QED) is 0.0300. The molecule has 0 aliphatic carbocycles. The molecular formula is C24H30Cl3N9O8. The normalized spacial score (nSPS) is 10.0. The second kappa shape index (κ2) is 29.9. The average Bonchev–Trinajstić information content (AvgIpc) is 2.99. The highest BCUT2D eigenvalue weighted by Crippen LogP contribution is 2.04. The lowest BCUT2D eigenvalue weighted by molar-refractivity contribution is -0.283. The van der Waals surface area contributed by atoms with E-state index in [1.165, 1.54) is 0 Å². The van der Waals surface area contributed by atoms with Gasteiger partial charge >= 0.3 is 17.7 Å². The number of H-pyrrole nitrogens is 2. The number of aromatic amines is 2. The van der Waals surface area contributed by atoms with Gasteiger partial charge in [-0.3, -0.25) is 14.6 Å². The first kappa shape index (κ1) is 43.8. The Bertz CT molecular complexity index is 1370. The topological polar surface area (TPSA) is 282 Å². The van der Waals surface area contributed by atoms with Crippen molar-refractivity contribution in [2.45, 2.75) is 33.1 Å². The van der Waals surface area contributed by atoms with E-state index in [1.54, 1.807) is 39.1 Å². The number of nitrogens with one attached hydrogen (secondary N) is 3. The molecule has 0 aliphatic heterocycles. The van der Waals surface area contributed by atoms with Crippen LogP contribution in [0.3, 0.4) is 0 Å². The number of hydrogen-bond donors (Lipinski definition) is 4. The van der Waals surface area contributed by atoms with E-state index >= 15 is 0 Å². The minimum atomic E-state index is -0.783. The number of hydrogen-bond acceptors (Lipinski definition) is 13. The number of esters is 1. The summed E-state index contributed by atoms with van der Waals surface area (Å²) in [4.78, 5) is 59.0. The molecule has 5 N–H and O–H groups in total. The molecule has 44 heavy (non-hydrogen) atoms. The number of halogens is 3. The van der Waals surface area contributed by atoms with Crippen LogP contribution in [0.2, 0.25) is 0 Å². The Morgan fingerprint density at radius 3 is 2.00 bits per heavy atom. The summed E-state index contributed by atoms with van der Waals surface area (Å²) >= 11 is 16.2. The number of nitrogens with two attached hydrogens (primary N) is 1. The van der Waals surface area contributed by atoms with Crippen LogP contribution in [0, 0.1) is 45.4 Å². The van der Waals surface area contributed by atoms with Gasteiger partial charge in [0, 0.05) is 0 Å². The second-order valence-corrected chi connectivity index (χ2v) is 7.48. The molecule has 0 fully saturated rings. The first-order valence-corrected chi connectivity index (χ1v) is 13.6. The SMILES string of the molecule is CCOC(=O)CC#N.CCOC(CCl)=NC#N.CCOOC/C(C#N)=C(/CCl)NC(N)=O.N#Cc1c(CCl)[nH]c(=O)[nH]c1=O. The predicted molar refractivity (Wildman–Crippen MR) is 158 cm³/mol. The Labute approximate surface area is 267 Å². The molecule has 1 aromatic rings. The maximum atomic E-state index is 10.9. The predicted octanol–water partition coefficient (Wildman–Crippen LogP) is 1.92. The number of carbonyl (C=O) groups is 2. The third-order valence-electron chi connectivity index (χ3n) is 3.71. The number of allylic oxidation sites excluding steroid dienone is 1. The third-order valence-corrected chi connectivity index (χ3v) is 4.47.